The maximum atomic E-state index is 13.8. The summed E-state index contributed by atoms with van der Waals surface area (Å²) in [6, 6.07) is 18.4. The summed E-state index contributed by atoms with van der Waals surface area (Å²) in [5.74, 6) is 0.215. The predicted octanol–water partition coefficient (Wildman–Crippen LogP) is 5.65. The number of anilines is 1. The van der Waals surface area contributed by atoms with E-state index in [9.17, 15) is 4.79 Å². The number of thioether (sulfide) groups is 1. The Kier molecular flexibility index (Phi) is 11.0. The van der Waals surface area contributed by atoms with Gasteiger partial charge in [-0.15, -0.1) is 11.8 Å². The van der Waals surface area contributed by atoms with Gasteiger partial charge in [0.05, 0.1) is 23.3 Å². The molecule has 0 aromatic heterocycles. The number of hydrogen-bond donors (Lipinski definition) is 1. The topological polar surface area (TPSA) is 57.2 Å². The molecule has 1 aliphatic heterocycles. The van der Waals surface area contributed by atoms with Crippen LogP contribution in [0.15, 0.2) is 82.5 Å². The number of amides is 1. The van der Waals surface area contributed by atoms with Gasteiger partial charge < -0.3 is 19.9 Å². The highest BCUT2D eigenvalue weighted by molar-refractivity contribution is 8.02. The van der Waals surface area contributed by atoms with Crippen LogP contribution < -0.4 is 10.2 Å². The minimum atomic E-state index is -0.0319. The SMILES string of the molecule is C=C(N=CC1=C(C(C)CC)N(C)CCN(c2ccc(COC(CNC)c3ccccc3)cc2)C1=O)SC. The van der Waals surface area contributed by atoms with Crippen LogP contribution in [0, 0.1) is 5.92 Å². The monoisotopic (exact) mass is 520 g/mol. The van der Waals surface area contributed by atoms with E-state index in [1.165, 1.54) is 11.8 Å². The molecule has 0 bridgehead atoms. The molecule has 2 atom stereocenters. The Hall–Kier alpha value is -2.87. The van der Waals surface area contributed by atoms with Gasteiger partial charge >= 0.3 is 0 Å². The second kappa shape index (κ2) is 14.2. The summed E-state index contributed by atoms with van der Waals surface area (Å²) < 4.78 is 6.25. The summed E-state index contributed by atoms with van der Waals surface area (Å²) >= 11 is 1.47. The van der Waals surface area contributed by atoms with Crippen molar-refractivity contribution in [3.8, 4) is 0 Å². The van der Waals surface area contributed by atoms with Crippen molar-refractivity contribution in [2.75, 3.05) is 44.9 Å². The number of ether oxygens (including phenoxy) is 1. The molecular weight excluding hydrogens is 480 g/mol. The molecule has 0 saturated carbocycles. The second-order valence-electron chi connectivity index (χ2n) is 9.28. The number of aliphatic imine (C=N–C) groups is 1. The first-order valence-electron chi connectivity index (χ1n) is 12.8. The summed E-state index contributed by atoms with van der Waals surface area (Å²) in [5, 5.41) is 3.89. The number of nitrogens with one attached hydrogen (secondary N) is 1. The molecule has 6 nitrogen and oxygen atoms in total. The van der Waals surface area contributed by atoms with Crippen LogP contribution in [0.2, 0.25) is 0 Å². The number of allylic oxidation sites excluding steroid dienone is 1. The molecule has 2 aromatic rings. The smallest absolute Gasteiger partial charge is 0.261 e. The van der Waals surface area contributed by atoms with Crippen molar-refractivity contribution in [2.45, 2.75) is 33.0 Å². The third-order valence-corrected chi connectivity index (χ3v) is 7.31. The molecule has 0 saturated heterocycles. The number of carbonyl (C=O) groups excluding carboxylic acids is 1. The first-order valence-corrected chi connectivity index (χ1v) is 14.1. The van der Waals surface area contributed by atoms with Crippen molar-refractivity contribution in [1.29, 1.82) is 0 Å². The number of benzene rings is 2. The molecule has 37 heavy (non-hydrogen) atoms. The first-order chi connectivity index (χ1) is 17.9. The minimum absolute atomic E-state index is 0.0283. The van der Waals surface area contributed by atoms with E-state index in [-0.39, 0.29) is 17.9 Å². The maximum Gasteiger partial charge on any atom is 0.261 e. The van der Waals surface area contributed by atoms with Gasteiger partial charge in [-0.05, 0) is 48.9 Å². The lowest BCUT2D eigenvalue weighted by Crippen LogP contribution is -2.34. The number of rotatable bonds is 12. The Labute approximate surface area is 226 Å². The lowest BCUT2D eigenvalue weighted by Gasteiger charge is -2.26. The minimum Gasteiger partial charge on any atom is -0.375 e. The van der Waals surface area contributed by atoms with Crippen LogP contribution in [-0.4, -0.2) is 57.0 Å². The molecule has 198 valence electrons. The molecule has 3 rings (SSSR count). The van der Waals surface area contributed by atoms with E-state index < -0.39 is 0 Å². The summed E-state index contributed by atoms with van der Waals surface area (Å²) in [6.07, 6.45) is 4.55. The third kappa shape index (κ3) is 7.57. The van der Waals surface area contributed by atoms with Gasteiger partial charge in [0.25, 0.3) is 5.91 Å². The molecule has 1 amide bonds. The predicted molar refractivity (Wildman–Crippen MR) is 157 cm³/mol. The lowest BCUT2D eigenvalue weighted by molar-refractivity contribution is -0.114. The summed E-state index contributed by atoms with van der Waals surface area (Å²) in [6.45, 7) is 10.8. The molecule has 1 aliphatic rings. The van der Waals surface area contributed by atoms with Crippen molar-refractivity contribution in [3.63, 3.8) is 0 Å². The zero-order valence-electron chi connectivity index (χ0n) is 22.7. The van der Waals surface area contributed by atoms with Crippen molar-refractivity contribution in [2.24, 2.45) is 10.9 Å². The molecule has 7 heteroatoms. The molecule has 0 aliphatic carbocycles. The van der Waals surface area contributed by atoms with Crippen molar-refractivity contribution in [3.05, 3.63) is 88.6 Å². The Morgan fingerprint density at radius 1 is 1.19 bits per heavy atom. The van der Waals surface area contributed by atoms with Gasteiger partial charge in [0.2, 0.25) is 0 Å². The summed E-state index contributed by atoms with van der Waals surface area (Å²) in [5.41, 5.74) is 4.75. The van der Waals surface area contributed by atoms with Gasteiger partial charge in [-0.2, -0.15) is 0 Å². The van der Waals surface area contributed by atoms with Crippen LogP contribution in [0.5, 0.6) is 0 Å². The average molecular weight is 521 g/mol. The Morgan fingerprint density at radius 2 is 1.89 bits per heavy atom. The van der Waals surface area contributed by atoms with Crippen LogP contribution in [0.4, 0.5) is 5.69 Å². The van der Waals surface area contributed by atoms with E-state index in [0.29, 0.717) is 23.8 Å². The van der Waals surface area contributed by atoms with E-state index in [0.717, 1.165) is 42.0 Å². The van der Waals surface area contributed by atoms with Crippen LogP contribution in [0.25, 0.3) is 0 Å². The molecule has 1 heterocycles. The molecular formula is C30H40N4O2S. The van der Waals surface area contributed by atoms with E-state index in [2.05, 4.69) is 54.8 Å². The van der Waals surface area contributed by atoms with E-state index in [4.69, 9.17) is 4.74 Å². The van der Waals surface area contributed by atoms with Crippen molar-refractivity contribution < 1.29 is 9.53 Å². The molecule has 2 aromatic carbocycles. The fourth-order valence-corrected chi connectivity index (χ4v) is 4.58. The Morgan fingerprint density at radius 3 is 2.51 bits per heavy atom. The molecule has 0 fully saturated rings. The standard InChI is InChI=1S/C30H40N4O2S/c1-7-22(2)29-27(19-32-23(3)37-6)30(35)34(18-17-33(29)5)26-15-13-24(14-16-26)21-36-28(20-31-4)25-11-9-8-10-12-25/h8-16,19,22,28,31H,3,7,17-18,20-21H2,1-2,4-6H3. The van der Waals surface area contributed by atoms with Crippen LogP contribution in [-0.2, 0) is 16.1 Å². The fourth-order valence-electron chi connectivity index (χ4n) is 4.42. The molecule has 1 N–H and O–H groups in total. The van der Waals surface area contributed by atoms with Gasteiger partial charge in [-0.3, -0.25) is 4.79 Å². The summed E-state index contributed by atoms with van der Waals surface area (Å²) in [4.78, 5) is 22.4. The van der Waals surface area contributed by atoms with E-state index >= 15 is 0 Å². The van der Waals surface area contributed by atoms with Gasteiger partial charge in [0.15, 0.2) is 0 Å². The van der Waals surface area contributed by atoms with Crippen molar-refractivity contribution >= 4 is 29.6 Å². The van der Waals surface area contributed by atoms with E-state index in [1.807, 2.05) is 60.7 Å². The van der Waals surface area contributed by atoms with Crippen LogP contribution in [0.3, 0.4) is 0 Å². The molecule has 2 unspecified atom stereocenters. The van der Waals surface area contributed by atoms with Gasteiger partial charge in [-0.1, -0.05) is 62.9 Å². The zero-order valence-corrected chi connectivity index (χ0v) is 23.6. The highest BCUT2D eigenvalue weighted by Crippen LogP contribution is 2.28. The Bertz CT molecular complexity index is 1100. The number of nitrogens with zero attached hydrogens (tertiary/aromatic N) is 3. The number of likely N-dealkylation sites (N-methyl/N-ethyl adjacent to an activating group) is 2. The third-order valence-electron chi connectivity index (χ3n) is 6.73. The average Bonchev–Trinajstić information content (AvgIpc) is 3.05. The first kappa shape index (κ1) is 28.7. The largest absolute Gasteiger partial charge is 0.375 e. The lowest BCUT2D eigenvalue weighted by atomic mass is 9.98. The van der Waals surface area contributed by atoms with E-state index in [1.54, 1.807) is 6.21 Å². The fraction of sp³-hybridized carbons (Fsp3) is 0.400. The zero-order chi connectivity index (χ0) is 26.8. The van der Waals surface area contributed by atoms with Gasteiger partial charge in [0.1, 0.15) is 0 Å². The quantitative estimate of drug-likeness (QED) is 0.367. The second-order valence-corrected chi connectivity index (χ2v) is 10.2. The van der Waals surface area contributed by atoms with Crippen LogP contribution >= 0.6 is 11.8 Å². The number of hydrogen-bond acceptors (Lipinski definition) is 6. The summed E-state index contributed by atoms with van der Waals surface area (Å²) in [7, 11) is 3.99. The molecule has 0 radical (unpaired) electrons. The van der Waals surface area contributed by atoms with Crippen molar-refractivity contribution in [1.82, 2.24) is 10.2 Å². The van der Waals surface area contributed by atoms with Gasteiger partial charge in [0, 0.05) is 44.3 Å². The Balaban J connectivity index is 1.81. The highest BCUT2D eigenvalue weighted by atomic mass is 32.2. The molecule has 0 spiro atoms. The maximum absolute atomic E-state index is 13.8. The normalized spacial score (nSPS) is 16.3. The van der Waals surface area contributed by atoms with Crippen LogP contribution in [0.1, 0.15) is 37.5 Å². The highest BCUT2D eigenvalue weighted by Gasteiger charge is 2.29. The van der Waals surface area contributed by atoms with Gasteiger partial charge in [-0.25, -0.2) is 4.99 Å². The number of carbonyl (C=O) groups is 1.